The molecule has 0 radical (unpaired) electrons. The van der Waals surface area contributed by atoms with Crippen LogP contribution in [0.5, 0.6) is 0 Å². The lowest BCUT2D eigenvalue weighted by Gasteiger charge is -1.96. The van der Waals surface area contributed by atoms with Crippen LogP contribution in [0, 0.1) is 0 Å². The summed E-state index contributed by atoms with van der Waals surface area (Å²) >= 11 is 0. The fourth-order valence-corrected chi connectivity index (χ4v) is 1.29. The van der Waals surface area contributed by atoms with Gasteiger partial charge in [-0.05, 0) is 23.8 Å². The number of aromatic amines is 1. The molecular formula is C11H11N3. The number of hydrogen-bond acceptors (Lipinski definition) is 2. The first kappa shape index (κ1) is 8.69. The Labute approximate surface area is 82.5 Å². The Morgan fingerprint density at radius 2 is 2.14 bits per heavy atom. The summed E-state index contributed by atoms with van der Waals surface area (Å²) in [6.07, 6.45) is 7.97. The van der Waals surface area contributed by atoms with Gasteiger partial charge in [0.2, 0.25) is 0 Å². The van der Waals surface area contributed by atoms with Crippen molar-refractivity contribution in [2.45, 2.75) is 6.42 Å². The third-order valence-corrected chi connectivity index (χ3v) is 1.99. The average molecular weight is 185 g/mol. The van der Waals surface area contributed by atoms with Gasteiger partial charge >= 0.3 is 0 Å². The van der Waals surface area contributed by atoms with Crippen molar-refractivity contribution in [2.75, 3.05) is 0 Å². The van der Waals surface area contributed by atoms with Gasteiger partial charge in [-0.15, -0.1) is 0 Å². The zero-order chi connectivity index (χ0) is 9.80. The van der Waals surface area contributed by atoms with E-state index in [1.807, 2.05) is 18.3 Å². The van der Waals surface area contributed by atoms with Gasteiger partial charge in [-0.3, -0.25) is 4.98 Å². The minimum absolute atomic E-state index is 0.814. The Hall–Kier alpha value is -1.90. The zero-order valence-electron chi connectivity index (χ0n) is 7.77. The molecule has 0 spiro atoms. The standard InChI is InChI=1S/C11H11N3/c1-2-11-13-8-10(14-11)7-9-3-5-12-6-4-9/h2-6,8H,1,7H2,(H,13,14). The molecule has 0 amide bonds. The lowest BCUT2D eigenvalue weighted by molar-refractivity contribution is 1.09. The Balaban J connectivity index is 2.15. The highest BCUT2D eigenvalue weighted by molar-refractivity contribution is 5.36. The molecule has 0 saturated heterocycles. The fraction of sp³-hybridized carbons (Fsp3) is 0.0909. The maximum atomic E-state index is 4.14. The SMILES string of the molecule is C=Cc1ncc(Cc2ccncc2)[nH]1. The molecule has 3 nitrogen and oxygen atoms in total. The van der Waals surface area contributed by atoms with E-state index in [1.54, 1.807) is 18.5 Å². The molecule has 2 aromatic heterocycles. The van der Waals surface area contributed by atoms with E-state index in [-0.39, 0.29) is 0 Å². The summed E-state index contributed by atoms with van der Waals surface area (Å²) in [6, 6.07) is 3.99. The van der Waals surface area contributed by atoms with Gasteiger partial charge in [0.25, 0.3) is 0 Å². The highest BCUT2D eigenvalue weighted by atomic mass is 14.9. The molecule has 70 valence electrons. The van der Waals surface area contributed by atoms with Crippen molar-refractivity contribution in [3.63, 3.8) is 0 Å². The molecule has 14 heavy (non-hydrogen) atoms. The summed E-state index contributed by atoms with van der Waals surface area (Å²) in [7, 11) is 0. The molecule has 0 fully saturated rings. The van der Waals surface area contributed by atoms with Crippen LogP contribution in [0.25, 0.3) is 6.08 Å². The summed E-state index contributed by atoms with van der Waals surface area (Å²) in [5.74, 6) is 0.814. The highest BCUT2D eigenvalue weighted by Gasteiger charge is 1.98. The molecule has 0 aliphatic carbocycles. The Bertz CT molecular complexity index is 417. The quantitative estimate of drug-likeness (QED) is 0.795. The van der Waals surface area contributed by atoms with Crippen LogP contribution in [0.15, 0.2) is 37.3 Å². The first-order chi connectivity index (χ1) is 6.88. The molecule has 0 bridgehead atoms. The van der Waals surface area contributed by atoms with E-state index in [9.17, 15) is 0 Å². The number of aromatic nitrogens is 3. The van der Waals surface area contributed by atoms with E-state index >= 15 is 0 Å². The van der Waals surface area contributed by atoms with Crippen LogP contribution in [-0.4, -0.2) is 15.0 Å². The third kappa shape index (κ3) is 1.88. The Kier molecular flexibility index (Phi) is 2.40. The predicted octanol–water partition coefficient (Wildman–Crippen LogP) is 2.04. The van der Waals surface area contributed by atoms with Crippen LogP contribution in [0.1, 0.15) is 17.1 Å². The molecule has 2 aromatic rings. The van der Waals surface area contributed by atoms with E-state index in [0.717, 1.165) is 17.9 Å². The highest BCUT2D eigenvalue weighted by Crippen LogP contribution is 2.06. The van der Waals surface area contributed by atoms with Crippen LogP contribution < -0.4 is 0 Å². The third-order valence-electron chi connectivity index (χ3n) is 1.99. The number of nitrogens with one attached hydrogen (secondary N) is 1. The van der Waals surface area contributed by atoms with E-state index in [2.05, 4.69) is 21.5 Å². The van der Waals surface area contributed by atoms with Gasteiger partial charge in [0, 0.05) is 30.7 Å². The van der Waals surface area contributed by atoms with E-state index in [0.29, 0.717) is 0 Å². The van der Waals surface area contributed by atoms with E-state index in [4.69, 9.17) is 0 Å². The molecule has 0 saturated carbocycles. The lowest BCUT2D eigenvalue weighted by Crippen LogP contribution is -1.88. The Morgan fingerprint density at radius 1 is 1.36 bits per heavy atom. The molecule has 0 unspecified atom stereocenters. The fourth-order valence-electron chi connectivity index (χ4n) is 1.29. The van der Waals surface area contributed by atoms with Crippen LogP contribution in [0.3, 0.4) is 0 Å². The normalized spacial score (nSPS) is 10.0. The summed E-state index contributed by atoms with van der Waals surface area (Å²) in [4.78, 5) is 11.3. The first-order valence-electron chi connectivity index (χ1n) is 4.43. The summed E-state index contributed by atoms with van der Waals surface area (Å²) in [6.45, 7) is 3.65. The molecule has 2 heterocycles. The summed E-state index contributed by atoms with van der Waals surface area (Å²) in [5.41, 5.74) is 2.31. The van der Waals surface area contributed by atoms with Gasteiger partial charge < -0.3 is 4.98 Å². The first-order valence-corrected chi connectivity index (χ1v) is 4.43. The van der Waals surface area contributed by atoms with Crippen LogP contribution >= 0.6 is 0 Å². The van der Waals surface area contributed by atoms with Crippen molar-refractivity contribution in [1.82, 2.24) is 15.0 Å². The van der Waals surface area contributed by atoms with Crippen molar-refractivity contribution in [3.8, 4) is 0 Å². The molecule has 3 heteroatoms. The molecule has 2 rings (SSSR count). The van der Waals surface area contributed by atoms with Crippen molar-refractivity contribution in [3.05, 3.63) is 54.4 Å². The lowest BCUT2D eigenvalue weighted by atomic mass is 10.2. The summed E-state index contributed by atoms with van der Waals surface area (Å²) < 4.78 is 0. The second-order valence-corrected chi connectivity index (χ2v) is 3.03. The smallest absolute Gasteiger partial charge is 0.129 e. The molecule has 0 aliphatic rings. The zero-order valence-corrected chi connectivity index (χ0v) is 7.77. The molecular weight excluding hydrogens is 174 g/mol. The number of nitrogens with zero attached hydrogens (tertiary/aromatic N) is 2. The monoisotopic (exact) mass is 185 g/mol. The van der Waals surface area contributed by atoms with Gasteiger partial charge in [0.1, 0.15) is 5.82 Å². The molecule has 1 N–H and O–H groups in total. The average Bonchev–Trinajstić information content (AvgIpc) is 2.67. The number of imidazole rings is 1. The minimum atomic E-state index is 0.814. The van der Waals surface area contributed by atoms with Gasteiger partial charge in [-0.2, -0.15) is 0 Å². The Morgan fingerprint density at radius 3 is 2.79 bits per heavy atom. The van der Waals surface area contributed by atoms with E-state index in [1.165, 1.54) is 5.56 Å². The van der Waals surface area contributed by atoms with Gasteiger partial charge in [0.15, 0.2) is 0 Å². The topological polar surface area (TPSA) is 41.6 Å². The van der Waals surface area contributed by atoms with Gasteiger partial charge in [-0.25, -0.2) is 4.98 Å². The second kappa shape index (κ2) is 3.87. The maximum Gasteiger partial charge on any atom is 0.129 e. The van der Waals surface area contributed by atoms with Crippen molar-refractivity contribution in [1.29, 1.82) is 0 Å². The largest absolute Gasteiger partial charge is 0.342 e. The van der Waals surface area contributed by atoms with Crippen LogP contribution in [-0.2, 0) is 6.42 Å². The van der Waals surface area contributed by atoms with Crippen LogP contribution in [0.2, 0.25) is 0 Å². The van der Waals surface area contributed by atoms with E-state index < -0.39 is 0 Å². The number of H-pyrrole nitrogens is 1. The van der Waals surface area contributed by atoms with Crippen molar-refractivity contribution in [2.24, 2.45) is 0 Å². The minimum Gasteiger partial charge on any atom is -0.342 e. The number of hydrogen-bond donors (Lipinski definition) is 1. The molecule has 0 aromatic carbocycles. The predicted molar refractivity (Wildman–Crippen MR) is 55.7 cm³/mol. The van der Waals surface area contributed by atoms with Gasteiger partial charge in [0.05, 0.1) is 0 Å². The van der Waals surface area contributed by atoms with Crippen molar-refractivity contribution >= 4 is 6.08 Å². The second-order valence-electron chi connectivity index (χ2n) is 3.03. The van der Waals surface area contributed by atoms with Crippen LogP contribution in [0.4, 0.5) is 0 Å². The number of pyridine rings is 1. The van der Waals surface area contributed by atoms with Gasteiger partial charge in [-0.1, -0.05) is 6.58 Å². The molecule has 0 atom stereocenters. The summed E-state index contributed by atoms with van der Waals surface area (Å²) in [5, 5.41) is 0. The number of rotatable bonds is 3. The van der Waals surface area contributed by atoms with Crippen molar-refractivity contribution < 1.29 is 0 Å². The maximum absolute atomic E-state index is 4.14. The molecule has 0 aliphatic heterocycles.